The van der Waals surface area contributed by atoms with Gasteiger partial charge in [-0.3, -0.25) is 4.90 Å². The first-order valence-electron chi connectivity index (χ1n) is 5.87. The van der Waals surface area contributed by atoms with Gasteiger partial charge in [0.25, 0.3) is 0 Å². The molecule has 0 amide bonds. The van der Waals surface area contributed by atoms with E-state index in [0.717, 1.165) is 32.6 Å². The lowest BCUT2D eigenvalue weighted by Crippen LogP contribution is -2.51. The van der Waals surface area contributed by atoms with Gasteiger partial charge in [-0.1, -0.05) is 13.0 Å². The van der Waals surface area contributed by atoms with Gasteiger partial charge in [0.05, 0.1) is 0 Å². The Morgan fingerprint density at radius 1 is 1.50 bits per heavy atom. The number of rotatable bonds is 4. The number of carboxylic acid groups (broad SMARTS) is 1. The van der Waals surface area contributed by atoms with Crippen LogP contribution >= 0.6 is 0 Å². The van der Waals surface area contributed by atoms with Crippen LogP contribution in [0.15, 0.2) is 11.6 Å². The minimum atomic E-state index is -0.818. The molecule has 0 saturated carbocycles. The van der Waals surface area contributed by atoms with Gasteiger partial charge in [-0.15, -0.1) is 0 Å². The number of hydrogen-bond donors (Lipinski definition) is 1. The van der Waals surface area contributed by atoms with Crippen molar-refractivity contribution in [1.29, 1.82) is 0 Å². The zero-order valence-corrected chi connectivity index (χ0v) is 10.4. The lowest BCUT2D eigenvalue weighted by Gasteiger charge is -2.38. The van der Waals surface area contributed by atoms with E-state index in [1.165, 1.54) is 0 Å². The Morgan fingerprint density at radius 2 is 2.19 bits per heavy atom. The highest BCUT2D eigenvalue weighted by molar-refractivity contribution is 5.85. The summed E-state index contributed by atoms with van der Waals surface area (Å²) in [5.74, 6) is -0.818. The third kappa shape index (κ3) is 3.61. The molecule has 1 N–H and O–H groups in total. The molecule has 0 aromatic rings. The summed E-state index contributed by atoms with van der Waals surface area (Å²) in [6.45, 7) is 7.73. The molecule has 1 atom stereocenters. The van der Waals surface area contributed by atoms with Crippen molar-refractivity contribution in [1.82, 2.24) is 9.80 Å². The van der Waals surface area contributed by atoms with E-state index in [2.05, 4.69) is 23.8 Å². The van der Waals surface area contributed by atoms with Gasteiger partial charge in [0, 0.05) is 37.8 Å². The molecule has 0 aromatic heterocycles. The summed E-state index contributed by atoms with van der Waals surface area (Å²) in [6, 6.07) is 0.604. The van der Waals surface area contributed by atoms with Crippen molar-refractivity contribution in [3.63, 3.8) is 0 Å². The number of nitrogens with zero attached hydrogens (tertiary/aromatic N) is 2. The first-order chi connectivity index (χ1) is 7.54. The zero-order chi connectivity index (χ0) is 12.1. The molecule has 1 aliphatic heterocycles. The predicted octanol–water partition coefficient (Wildman–Crippen LogP) is 1.04. The molecule has 1 fully saturated rings. The summed E-state index contributed by atoms with van der Waals surface area (Å²) in [5.41, 5.74) is 0.437. The second-order valence-electron chi connectivity index (χ2n) is 4.49. The number of hydrogen-bond acceptors (Lipinski definition) is 3. The van der Waals surface area contributed by atoms with Gasteiger partial charge in [-0.05, 0) is 20.4 Å². The van der Waals surface area contributed by atoms with E-state index in [-0.39, 0.29) is 0 Å². The number of piperazine rings is 1. The molecule has 92 valence electrons. The van der Waals surface area contributed by atoms with Crippen LogP contribution in [0.2, 0.25) is 0 Å². The van der Waals surface area contributed by atoms with Gasteiger partial charge in [0.2, 0.25) is 0 Å². The number of aliphatic carboxylic acids is 1. The fourth-order valence-electron chi connectivity index (χ4n) is 1.97. The van der Waals surface area contributed by atoms with E-state index in [4.69, 9.17) is 5.11 Å². The van der Waals surface area contributed by atoms with Crippen molar-refractivity contribution in [2.75, 3.05) is 33.2 Å². The van der Waals surface area contributed by atoms with E-state index < -0.39 is 5.97 Å². The lowest BCUT2D eigenvalue weighted by molar-refractivity contribution is -0.132. The summed E-state index contributed by atoms with van der Waals surface area (Å²) in [4.78, 5) is 15.3. The first kappa shape index (κ1) is 13.2. The van der Waals surface area contributed by atoms with Gasteiger partial charge >= 0.3 is 5.97 Å². The second-order valence-corrected chi connectivity index (χ2v) is 4.49. The lowest BCUT2D eigenvalue weighted by atomic mass is 10.1. The monoisotopic (exact) mass is 226 g/mol. The molecular formula is C12H22N2O2. The Morgan fingerprint density at radius 3 is 2.75 bits per heavy atom. The Balaban J connectivity index is 2.45. The SMILES string of the molecule is CCC1CN(CC=C(C)C(=O)O)CCN1C. The smallest absolute Gasteiger partial charge is 0.330 e. The van der Waals surface area contributed by atoms with Crippen LogP contribution < -0.4 is 0 Å². The molecule has 0 bridgehead atoms. The van der Waals surface area contributed by atoms with Crippen LogP contribution in [0.3, 0.4) is 0 Å². The fourth-order valence-corrected chi connectivity index (χ4v) is 1.97. The van der Waals surface area contributed by atoms with Crippen molar-refractivity contribution in [2.24, 2.45) is 0 Å². The van der Waals surface area contributed by atoms with Crippen molar-refractivity contribution < 1.29 is 9.90 Å². The maximum Gasteiger partial charge on any atom is 0.330 e. The summed E-state index contributed by atoms with van der Waals surface area (Å²) < 4.78 is 0. The maximum absolute atomic E-state index is 10.6. The summed E-state index contributed by atoms with van der Waals surface area (Å²) in [7, 11) is 2.16. The molecule has 4 nitrogen and oxygen atoms in total. The average molecular weight is 226 g/mol. The molecule has 4 heteroatoms. The number of carboxylic acids is 1. The second kappa shape index (κ2) is 6.01. The van der Waals surface area contributed by atoms with E-state index >= 15 is 0 Å². The summed E-state index contributed by atoms with van der Waals surface area (Å²) in [5, 5.41) is 8.76. The quantitative estimate of drug-likeness (QED) is 0.728. The molecule has 16 heavy (non-hydrogen) atoms. The van der Waals surface area contributed by atoms with Gasteiger partial charge in [0.15, 0.2) is 0 Å². The van der Waals surface area contributed by atoms with E-state index in [9.17, 15) is 4.79 Å². The largest absolute Gasteiger partial charge is 0.478 e. The van der Waals surface area contributed by atoms with Crippen LogP contribution in [0.1, 0.15) is 20.3 Å². The van der Waals surface area contributed by atoms with Crippen LogP contribution in [-0.4, -0.2) is 60.1 Å². The van der Waals surface area contributed by atoms with Crippen LogP contribution in [0, 0.1) is 0 Å². The van der Waals surface area contributed by atoms with Crippen molar-refractivity contribution in [3.05, 3.63) is 11.6 Å². The normalized spacial score (nSPS) is 24.7. The van der Waals surface area contributed by atoms with Crippen molar-refractivity contribution in [3.8, 4) is 0 Å². The molecule has 1 saturated heterocycles. The van der Waals surface area contributed by atoms with E-state index in [1.54, 1.807) is 13.0 Å². The van der Waals surface area contributed by atoms with Crippen LogP contribution in [0.4, 0.5) is 0 Å². The molecule has 1 heterocycles. The average Bonchev–Trinajstić information content (AvgIpc) is 2.27. The number of carbonyl (C=O) groups is 1. The predicted molar refractivity (Wildman–Crippen MR) is 64.5 cm³/mol. The summed E-state index contributed by atoms with van der Waals surface area (Å²) >= 11 is 0. The zero-order valence-electron chi connectivity index (χ0n) is 10.4. The Kier molecular flexibility index (Phi) is 4.96. The van der Waals surface area contributed by atoms with Crippen molar-refractivity contribution in [2.45, 2.75) is 26.3 Å². The van der Waals surface area contributed by atoms with Gasteiger partial charge in [-0.2, -0.15) is 0 Å². The topological polar surface area (TPSA) is 43.8 Å². The molecule has 0 spiro atoms. The van der Waals surface area contributed by atoms with Crippen LogP contribution in [0.25, 0.3) is 0 Å². The Bertz CT molecular complexity index is 276. The fraction of sp³-hybridized carbons (Fsp3) is 0.750. The van der Waals surface area contributed by atoms with Crippen LogP contribution in [-0.2, 0) is 4.79 Å². The highest BCUT2D eigenvalue weighted by Crippen LogP contribution is 2.10. The highest BCUT2D eigenvalue weighted by atomic mass is 16.4. The minimum absolute atomic E-state index is 0.437. The number of likely N-dealkylation sites (N-methyl/N-ethyl adjacent to an activating group) is 1. The van der Waals surface area contributed by atoms with Crippen LogP contribution in [0.5, 0.6) is 0 Å². The van der Waals surface area contributed by atoms with Crippen molar-refractivity contribution >= 4 is 5.97 Å². The first-order valence-corrected chi connectivity index (χ1v) is 5.87. The molecule has 1 unspecified atom stereocenters. The molecule has 0 radical (unpaired) electrons. The van der Waals surface area contributed by atoms with Gasteiger partial charge in [0.1, 0.15) is 0 Å². The minimum Gasteiger partial charge on any atom is -0.478 e. The van der Waals surface area contributed by atoms with E-state index in [0.29, 0.717) is 11.6 Å². The maximum atomic E-state index is 10.6. The van der Waals surface area contributed by atoms with E-state index in [1.807, 2.05) is 0 Å². The third-order valence-corrected chi connectivity index (χ3v) is 3.33. The molecular weight excluding hydrogens is 204 g/mol. The highest BCUT2D eigenvalue weighted by Gasteiger charge is 2.21. The molecule has 1 rings (SSSR count). The standard InChI is InChI=1S/C12H22N2O2/c1-4-11-9-14(8-7-13(11)3)6-5-10(2)12(15)16/h5,11H,4,6-9H2,1-3H3,(H,15,16). The van der Waals surface area contributed by atoms with Gasteiger partial charge in [-0.25, -0.2) is 4.79 Å². The molecule has 0 aliphatic carbocycles. The molecule has 0 aromatic carbocycles. The molecule has 1 aliphatic rings. The van der Waals surface area contributed by atoms with Gasteiger partial charge < -0.3 is 10.0 Å². The third-order valence-electron chi connectivity index (χ3n) is 3.33. The Hall–Kier alpha value is -0.870. The Labute approximate surface area is 97.5 Å². The summed E-state index contributed by atoms with van der Waals surface area (Å²) in [6.07, 6.45) is 2.95.